The third kappa shape index (κ3) is 9.07. The summed E-state index contributed by atoms with van der Waals surface area (Å²) in [5.74, 6) is -0.836. The molecule has 1 atom stereocenters. The van der Waals surface area contributed by atoms with Gasteiger partial charge in [-0.2, -0.15) is 4.90 Å². The van der Waals surface area contributed by atoms with E-state index in [-0.39, 0.29) is 19.4 Å². The van der Waals surface area contributed by atoms with Gasteiger partial charge in [-0.15, -0.1) is 0 Å². The Morgan fingerprint density at radius 2 is 1.43 bits per heavy atom. The highest BCUT2D eigenvalue weighted by Gasteiger charge is 2.40. The van der Waals surface area contributed by atoms with E-state index in [1.54, 1.807) is 65.8 Å². The molecule has 0 fully saturated rings. The number of hydrogen-bond donors (Lipinski definition) is 0. The number of imide groups is 1. The maximum atomic E-state index is 12.8. The molecule has 8 nitrogen and oxygen atoms in total. The van der Waals surface area contributed by atoms with E-state index >= 15 is 0 Å². The monoisotopic (exact) mass is 421 g/mol. The first-order valence-corrected chi connectivity index (χ1v) is 9.73. The Kier molecular flexibility index (Phi) is 9.01. The van der Waals surface area contributed by atoms with Crippen LogP contribution in [0.2, 0.25) is 0 Å². The van der Waals surface area contributed by atoms with E-state index in [1.807, 2.05) is 6.07 Å². The molecule has 2 amide bonds. The fraction of sp³-hybridized carbons (Fsp3) is 0.545. The minimum atomic E-state index is -1.37. The maximum absolute atomic E-state index is 12.8. The van der Waals surface area contributed by atoms with Crippen LogP contribution in [-0.4, -0.2) is 46.6 Å². The van der Waals surface area contributed by atoms with Gasteiger partial charge in [0.25, 0.3) is 0 Å². The highest BCUT2D eigenvalue weighted by atomic mass is 16.6. The third-order valence-electron chi connectivity index (χ3n) is 3.55. The van der Waals surface area contributed by atoms with Crippen molar-refractivity contribution < 1.29 is 33.4 Å². The first kappa shape index (κ1) is 25.1. The molecular formula is C22H31NO7. The van der Waals surface area contributed by atoms with Crippen LogP contribution in [0, 0.1) is 0 Å². The van der Waals surface area contributed by atoms with E-state index < -0.39 is 35.4 Å². The van der Waals surface area contributed by atoms with E-state index in [4.69, 9.17) is 14.2 Å². The summed E-state index contributed by atoms with van der Waals surface area (Å²) in [6.07, 6.45) is -1.68. The molecule has 0 aliphatic carbocycles. The molecule has 0 spiro atoms. The summed E-state index contributed by atoms with van der Waals surface area (Å²) in [5, 5.41) is 0. The highest BCUT2D eigenvalue weighted by Crippen LogP contribution is 2.20. The fourth-order valence-corrected chi connectivity index (χ4v) is 2.35. The Labute approximate surface area is 177 Å². The van der Waals surface area contributed by atoms with E-state index in [0.29, 0.717) is 11.2 Å². The van der Waals surface area contributed by atoms with Crippen molar-refractivity contribution in [2.45, 2.75) is 78.2 Å². The van der Waals surface area contributed by atoms with Gasteiger partial charge in [0.1, 0.15) is 30.1 Å². The molecule has 0 aromatic heterocycles. The average molecular weight is 421 g/mol. The summed E-state index contributed by atoms with van der Waals surface area (Å²) in [4.78, 5) is 49.9. The maximum Gasteiger partial charge on any atom is 0.420 e. The molecule has 0 N–H and O–H groups in total. The van der Waals surface area contributed by atoms with Crippen LogP contribution in [0.1, 0.15) is 59.9 Å². The summed E-state index contributed by atoms with van der Waals surface area (Å²) >= 11 is 0. The van der Waals surface area contributed by atoms with Gasteiger partial charge in [-0.1, -0.05) is 30.3 Å². The Bertz CT molecular complexity index is 704. The van der Waals surface area contributed by atoms with Crippen LogP contribution in [0.5, 0.6) is 0 Å². The van der Waals surface area contributed by atoms with E-state index in [2.05, 4.69) is 0 Å². The summed E-state index contributed by atoms with van der Waals surface area (Å²) < 4.78 is 15.9. The van der Waals surface area contributed by atoms with Crippen molar-refractivity contribution in [3.63, 3.8) is 0 Å². The topological polar surface area (TPSA) is 99.2 Å². The molecule has 0 aliphatic heterocycles. The third-order valence-corrected chi connectivity index (χ3v) is 3.55. The zero-order chi connectivity index (χ0) is 22.9. The lowest BCUT2D eigenvalue weighted by atomic mass is 10.1. The van der Waals surface area contributed by atoms with Crippen molar-refractivity contribution in [2.75, 3.05) is 0 Å². The Morgan fingerprint density at radius 3 is 1.87 bits per heavy atom. The standard InChI is InChI=1S/C22H31NO7/c1-21(2,3)29-19(26)23(20(27)30-22(4,5)6)17(13-10-14-24)18(25)28-15-16-11-8-7-9-12-16/h7-9,11-12,14,17H,10,13,15H2,1-6H3. The second-order valence-corrected chi connectivity index (χ2v) is 8.68. The molecule has 0 bridgehead atoms. The van der Waals surface area contributed by atoms with Crippen molar-refractivity contribution in [1.82, 2.24) is 4.90 Å². The average Bonchev–Trinajstić information content (AvgIpc) is 2.60. The van der Waals surface area contributed by atoms with Crippen molar-refractivity contribution >= 4 is 24.4 Å². The zero-order valence-electron chi connectivity index (χ0n) is 18.5. The number of benzene rings is 1. The molecule has 1 aromatic carbocycles. The van der Waals surface area contributed by atoms with Crippen LogP contribution in [0.3, 0.4) is 0 Å². The van der Waals surface area contributed by atoms with Crippen LogP contribution in [0.25, 0.3) is 0 Å². The summed E-state index contributed by atoms with van der Waals surface area (Å²) in [7, 11) is 0. The van der Waals surface area contributed by atoms with Gasteiger partial charge in [-0.05, 0) is 53.5 Å². The van der Waals surface area contributed by atoms with E-state index in [1.165, 1.54) is 0 Å². The van der Waals surface area contributed by atoms with Crippen LogP contribution in [0.4, 0.5) is 9.59 Å². The Morgan fingerprint density at radius 1 is 0.933 bits per heavy atom. The summed E-state index contributed by atoms with van der Waals surface area (Å²) in [6.45, 7) is 9.74. The summed E-state index contributed by atoms with van der Waals surface area (Å²) in [5.41, 5.74) is -1.10. The SMILES string of the molecule is CC(C)(C)OC(=O)N(C(=O)OC(C)(C)C)C(CCC=O)C(=O)OCc1ccccc1. The van der Waals surface area contributed by atoms with Crippen LogP contribution < -0.4 is 0 Å². The van der Waals surface area contributed by atoms with Crippen LogP contribution in [0.15, 0.2) is 30.3 Å². The van der Waals surface area contributed by atoms with E-state index in [9.17, 15) is 19.2 Å². The molecule has 30 heavy (non-hydrogen) atoms. The minimum Gasteiger partial charge on any atom is -0.459 e. The van der Waals surface area contributed by atoms with Crippen LogP contribution in [-0.2, 0) is 30.4 Å². The molecule has 0 saturated carbocycles. The van der Waals surface area contributed by atoms with Gasteiger partial charge in [0.05, 0.1) is 0 Å². The minimum absolute atomic E-state index is 0.0479. The van der Waals surface area contributed by atoms with Crippen molar-refractivity contribution in [1.29, 1.82) is 0 Å². The number of carbonyl (C=O) groups excluding carboxylic acids is 4. The predicted molar refractivity (Wildman–Crippen MR) is 110 cm³/mol. The molecule has 0 aliphatic rings. The molecule has 0 saturated heterocycles. The highest BCUT2D eigenvalue weighted by molar-refractivity contribution is 5.94. The first-order chi connectivity index (χ1) is 13.8. The largest absolute Gasteiger partial charge is 0.459 e. The number of ether oxygens (including phenoxy) is 3. The van der Waals surface area contributed by atoms with Gasteiger partial charge in [-0.3, -0.25) is 0 Å². The number of carbonyl (C=O) groups is 4. The molecule has 1 rings (SSSR count). The van der Waals surface area contributed by atoms with Gasteiger partial charge in [-0.25, -0.2) is 14.4 Å². The van der Waals surface area contributed by atoms with Crippen molar-refractivity contribution in [3.05, 3.63) is 35.9 Å². The number of amides is 2. The Hall–Kier alpha value is -2.90. The molecule has 1 aromatic rings. The predicted octanol–water partition coefficient (Wildman–Crippen LogP) is 4.25. The van der Waals surface area contributed by atoms with Gasteiger partial charge in [0, 0.05) is 6.42 Å². The lowest BCUT2D eigenvalue weighted by Crippen LogP contribution is -2.52. The second kappa shape index (κ2) is 10.8. The lowest BCUT2D eigenvalue weighted by Gasteiger charge is -2.32. The number of esters is 1. The summed E-state index contributed by atoms with van der Waals surface area (Å²) in [6, 6.07) is 7.58. The number of hydrogen-bond acceptors (Lipinski definition) is 7. The van der Waals surface area contributed by atoms with E-state index in [0.717, 1.165) is 5.56 Å². The number of rotatable bonds is 7. The van der Waals surface area contributed by atoms with Gasteiger partial charge < -0.3 is 19.0 Å². The van der Waals surface area contributed by atoms with Gasteiger partial charge in [0.15, 0.2) is 0 Å². The van der Waals surface area contributed by atoms with Crippen LogP contribution >= 0.6 is 0 Å². The first-order valence-electron chi connectivity index (χ1n) is 9.73. The van der Waals surface area contributed by atoms with Crippen molar-refractivity contribution in [3.8, 4) is 0 Å². The molecular weight excluding hydrogens is 390 g/mol. The van der Waals surface area contributed by atoms with Gasteiger partial charge in [0.2, 0.25) is 0 Å². The Balaban J connectivity index is 3.16. The van der Waals surface area contributed by atoms with Crippen molar-refractivity contribution in [2.24, 2.45) is 0 Å². The molecule has 8 heteroatoms. The smallest absolute Gasteiger partial charge is 0.420 e. The molecule has 0 heterocycles. The number of aldehydes is 1. The lowest BCUT2D eigenvalue weighted by molar-refractivity contribution is -0.151. The quantitative estimate of drug-likeness (QED) is 0.369. The second-order valence-electron chi connectivity index (χ2n) is 8.68. The van der Waals surface area contributed by atoms with Gasteiger partial charge >= 0.3 is 18.2 Å². The number of nitrogens with zero attached hydrogens (tertiary/aromatic N) is 1. The molecule has 1 unspecified atom stereocenters. The fourth-order valence-electron chi connectivity index (χ4n) is 2.35. The normalized spacial score (nSPS) is 12.5. The zero-order valence-corrected chi connectivity index (χ0v) is 18.5. The molecule has 166 valence electrons. The molecule has 0 radical (unpaired) electrons.